The van der Waals surface area contributed by atoms with E-state index in [0.717, 1.165) is 21.0 Å². The Morgan fingerprint density at radius 2 is 0.760 bits per heavy atom. The zero-order valence-corrected chi connectivity index (χ0v) is 17.5. The lowest BCUT2D eigenvalue weighted by molar-refractivity contribution is 0.0425. The SMILES string of the molecule is O=C1OC(=O)c2ccccc21.O=C1OC(=O)c2ccccc21.[SiH3]O[SiH3]. The number of hydrogen-bond acceptors (Lipinski definition) is 7. The third-order valence-corrected chi connectivity index (χ3v) is 3.10. The van der Waals surface area contributed by atoms with E-state index in [1.54, 1.807) is 48.5 Å². The van der Waals surface area contributed by atoms with Crippen LogP contribution in [0, 0.1) is 0 Å². The first-order valence-electron chi connectivity index (χ1n) is 7.10. The second kappa shape index (κ2) is 8.28. The molecule has 0 saturated carbocycles. The van der Waals surface area contributed by atoms with Gasteiger partial charge in [-0.3, -0.25) is 0 Å². The zero-order valence-electron chi connectivity index (χ0n) is 13.5. The van der Waals surface area contributed by atoms with Crippen molar-refractivity contribution >= 4 is 44.8 Å². The first kappa shape index (κ1) is 18.5. The van der Waals surface area contributed by atoms with Crippen LogP contribution in [-0.4, -0.2) is 44.8 Å². The van der Waals surface area contributed by atoms with Gasteiger partial charge >= 0.3 is 23.9 Å². The highest BCUT2D eigenvalue weighted by atomic mass is 28.3. The fourth-order valence-electron chi connectivity index (χ4n) is 2.07. The molecule has 0 aliphatic carbocycles. The van der Waals surface area contributed by atoms with Gasteiger partial charge in [-0.05, 0) is 24.3 Å². The van der Waals surface area contributed by atoms with E-state index in [4.69, 9.17) is 0 Å². The number of cyclic esters (lactones) is 4. The molecule has 128 valence electrons. The average Bonchev–Trinajstić information content (AvgIpc) is 3.06. The van der Waals surface area contributed by atoms with Crippen LogP contribution in [0.2, 0.25) is 0 Å². The summed E-state index contributed by atoms with van der Waals surface area (Å²) in [6.07, 6.45) is 0. The lowest BCUT2D eigenvalue weighted by atomic mass is 10.1. The fraction of sp³-hybridized carbons (Fsp3) is 0. The standard InChI is InChI=1S/2C8H4O3.H6OSi2/c2*9-7-5-3-1-2-4-6(5)8(10)11-7;2-1-3/h2*1-4H;2-3H3. The van der Waals surface area contributed by atoms with Crippen molar-refractivity contribution in [3.05, 3.63) is 70.8 Å². The van der Waals surface area contributed by atoms with Gasteiger partial charge < -0.3 is 13.6 Å². The quantitative estimate of drug-likeness (QED) is 0.350. The van der Waals surface area contributed by atoms with Crippen LogP contribution in [0.15, 0.2) is 48.5 Å². The molecule has 9 heteroatoms. The van der Waals surface area contributed by atoms with Crippen LogP contribution in [0.25, 0.3) is 0 Å². The normalized spacial score (nSPS) is 13.8. The van der Waals surface area contributed by atoms with Gasteiger partial charge in [0.2, 0.25) is 0 Å². The minimum atomic E-state index is -0.550. The summed E-state index contributed by atoms with van der Waals surface area (Å²) in [7, 11) is 1.86. The second-order valence-corrected chi connectivity index (χ2v) is 8.12. The molecule has 2 aromatic carbocycles. The molecule has 2 heterocycles. The van der Waals surface area contributed by atoms with Crippen LogP contribution in [-0.2, 0) is 13.6 Å². The molecular formula is C16H14O7Si2. The van der Waals surface area contributed by atoms with E-state index >= 15 is 0 Å². The van der Waals surface area contributed by atoms with Crippen molar-refractivity contribution in [3.8, 4) is 0 Å². The van der Waals surface area contributed by atoms with Crippen LogP contribution in [0.5, 0.6) is 0 Å². The van der Waals surface area contributed by atoms with Gasteiger partial charge in [-0.25, -0.2) is 19.2 Å². The van der Waals surface area contributed by atoms with E-state index in [1.165, 1.54) is 0 Å². The second-order valence-electron chi connectivity index (χ2n) is 4.85. The molecule has 0 atom stereocenters. The molecule has 0 N–H and O–H groups in total. The van der Waals surface area contributed by atoms with E-state index < -0.39 is 23.9 Å². The maximum Gasteiger partial charge on any atom is 0.346 e. The van der Waals surface area contributed by atoms with Gasteiger partial charge in [0, 0.05) is 0 Å². The van der Waals surface area contributed by atoms with Gasteiger partial charge in [-0.1, -0.05) is 24.3 Å². The Morgan fingerprint density at radius 1 is 0.560 bits per heavy atom. The van der Waals surface area contributed by atoms with Crippen LogP contribution >= 0.6 is 0 Å². The number of carbonyl (C=O) groups is 4. The molecule has 0 spiro atoms. The van der Waals surface area contributed by atoms with E-state index in [1.807, 2.05) is 0 Å². The van der Waals surface area contributed by atoms with Crippen molar-refractivity contribution in [3.63, 3.8) is 0 Å². The van der Waals surface area contributed by atoms with Crippen molar-refractivity contribution < 1.29 is 32.8 Å². The predicted molar refractivity (Wildman–Crippen MR) is 93.3 cm³/mol. The monoisotopic (exact) mass is 374 g/mol. The number of ether oxygens (including phenoxy) is 2. The third-order valence-electron chi connectivity index (χ3n) is 3.10. The molecule has 2 aliphatic heterocycles. The van der Waals surface area contributed by atoms with Crippen molar-refractivity contribution in [2.45, 2.75) is 0 Å². The summed E-state index contributed by atoms with van der Waals surface area (Å²) >= 11 is 0. The number of rotatable bonds is 0. The molecule has 0 unspecified atom stereocenters. The zero-order chi connectivity index (χ0) is 18.4. The summed E-state index contributed by atoms with van der Waals surface area (Å²) in [5, 5.41) is 0. The Morgan fingerprint density at radius 3 is 0.960 bits per heavy atom. The van der Waals surface area contributed by atoms with Gasteiger partial charge in [0.1, 0.15) is 21.0 Å². The summed E-state index contributed by atoms with van der Waals surface area (Å²) in [6.45, 7) is 0. The maximum absolute atomic E-state index is 10.8. The van der Waals surface area contributed by atoms with Gasteiger partial charge in [0.25, 0.3) is 0 Å². The van der Waals surface area contributed by atoms with Gasteiger partial charge in [0.15, 0.2) is 0 Å². The minimum absolute atomic E-state index is 0.359. The fourth-order valence-corrected chi connectivity index (χ4v) is 2.07. The van der Waals surface area contributed by atoms with Crippen molar-refractivity contribution in [2.75, 3.05) is 0 Å². The first-order valence-corrected chi connectivity index (χ1v) is 8.74. The Hall–Kier alpha value is -2.89. The molecule has 4 rings (SSSR count). The Kier molecular flexibility index (Phi) is 6.11. The van der Waals surface area contributed by atoms with Crippen LogP contribution in [0.3, 0.4) is 0 Å². The van der Waals surface area contributed by atoms with Gasteiger partial charge in [-0.2, -0.15) is 0 Å². The Balaban J connectivity index is 0.000000156. The molecule has 0 amide bonds. The lowest BCUT2D eigenvalue weighted by Crippen LogP contribution is -1.96. The predicted octanol–water partition coefficient (Wildman–Crippen LogP) is -0.442. The Bertz CT molecular complexity index is 712. The first-order chi connectivity index (χ1) is 12.0. The molecule has 2 aliphatic rings. The van der Waals surface area contributed by atoms with E-state index in [-0.39, 0.29) is 0 Å². The van der Waals surface area contributed by atoms with Crippen molar-refractivity contribution in [1.29, 1.82) is 0 Å². The lowest BCUT2D eigenvalue weighted by Gasteiger charge is -1.86. The highest BCUT2D eigenvalue weighted by Crippen LogP contribution is 2.19. The summed E-state index contributed by atoms with van der Waals surface area (Å²) in [5.41, 5.74) is 1.44. The molecule has 0 radical (unpaired) electrons. The van der Waals surface area contributed by atoms with Crippen LogP contribution < -0.4 is 0 Å². The minimum Gasteiger partial charge on any atom is -0.471 e. The largest absolute Gasteiger partial charge is 0.471 e. The highest BCUT2D eigenvalue weighted by Gasteiger charge is 2.29. The van der Waals surface area contributed by atoms with Gasteiger partial charge in [-0.15, -0.1) is 0 Å². The number of carbonyl (C=O) groups excluding carboxylic acids is 4. The topological polar surface area (TPSA) is 96.0 Å². The van der Waals surface area contributed by atoms with E-state index in [2.05, 4.69) is 13.6 Å². The number of fused-ring (bicyclic) bond motifs is 2. The summed E-state index contributed by atoms with van der Waals surface area (Å²) in [6, 6.07) is 13.1. The molecule has 0 saturated heterocycles. The summed E-state index contributed by atoms with van der Waals surface area (Å²) in [5.74, 6) is -2.20. The maximum atomic E-state index is 10.8. The van der Waals surface area contributed by atoms with E-state index in [9.17, 15) is 19.2 Å². The molecule has 2 aromatic rings. The number of esters is 4. The molecular weight excluding hydrogens is 360 g/mol. The third kappa shape index (κ3) is 4.15. The highest BCUT2D eigenvalue weighted by molar-refractivity contribution is 6.15. The Labute approximate surface area is 149 Å². The van der Waals surface area contributed by atoms with Crippen molar-refractivity contribution in [2.24, 2.45) is 0 Å². The van der Waals surface area contributed by atoms with E-state index in [0.29, 0.717) is 22.3 Å². The van der Waals surface area contributed by atoms with Gasteiger partial charge in [0.05, 0.1) is 22.3 Å². The molecule has 25 heavy (non-hydrogen) atoms. The summed E-state index contributed by atoms with van der Waals surface area (Å²) in [4.78, 5) is 43.3. The molecule has 0 fully saturated rings. The number of benzene rings is 2. The molecule has 7 nitrogen and oxygen atoms in total. The van der Waals surface area contributed by atoms with Crippen LogP contribution in [0.1, 0.15) is 41.4 Å². The average molecular weight is 374 g/mol. The van der Waals surface area contributed by atoms with Crippen LogP contribution in [0.4, 0.5) is 0 Å². The smallest absolute Gasteiger partial charge is 0.346 e. The molecule has 0 aromatic heterocycles. The number of hydrogen-bond donors (Lipinski definition) is 0. The van der Waals surface area contributed by atoms with Crippen molar-refractivity contribution in [1.82, 2.24) is 0 Å². The summed E-state index contributed by atoms with van der Waals surface area (Å²) < 4.78 is 13.2. The molecule has 0 bridgehead atoms.